The van der Waals surface area contributed by atoms with Crippen molar-refractivity contribution in [1.29, 1.82) is 0 Å². The van der Waals surface area contributed by atoms with Gasteiger partial charge in [-0.05, 0) is 78.4 Å². The first-order chi connectivity index (χ1) is 23.1. The van der Waals surface area contributed by atoms with E-state index < -0.39 is 59.3 Å². The lowest BCUT2D eigenvalue weighted by atomic mass is 10.1. The molecule has 0 radical (unpaired) electrons. The highest BCUT2D eigenvalue weighted by Crippen LogP contribution is 2.25. The maximum absolute atomic E-state index is 15.0. The number of ether oxygens (including phenoxy) is 4. The van der Waals surface area contributed by atoms with Crippen molar-refractivity contribution >= 4 is 23.9 Å². The first kappa shape index (κ1) is 32.8. The lowest BCUT2D eigenvalue weighted by Gasteiger charge is -2.19. The summed E-state index contributed by atoms with van der Waals surface area (Å²) in [6.45, 7) is -0.574. The fourth-order valence-corrected chi connectivity index (χ4v) is 4.26. The molecule has 0 bridgehead atoms. The quantitative estimate of drug-likeness (QED) is 0.125. The number of aromatic hydroxyl groups is 2. The highest BCUT2D eigenvalue weighted by Gasteiger charge is 2.24. The van der Waals surface area contributed by atoms with Gasteiger partial charge in [0, 0.05) is 12.1 Å². The fraction of sp³-hybridized carbons (Fsp3) is 0.0556. The number of halogens is 2. The monoisotopic (exact) mass is 654 g/mol. The molecule has 0 fully saturated rings. The van der Waals surface area contributed by atoms with Crippen molar-refractivity contribution in [2.45, 2.75) is 6.10 Å². The molecule has 12 heteroatoms. The number of hydrogen-bond donors (Lipinski definition) is 2. The lowest BCUT2D eigenvalue weighted by molar-refractivity contribution is -0.00188. The van der Waals surface area contributed by atoms with Crippen LogP contribution in [0, 0.1) is 11.6 Å². The third-order valence-electron chi connectivity index (χ3n) is 6.73. The van der Waals surface area contributed by atoms with Crippen molar-refractivity contribution in [3.05, 3.63) is 155 Å². The van der Waals surface area contributed by atoms with Crippen LogP contribution in [-0.4, -0.2) is 40.7 Å². The van der Waals surface area contributed by atoms with E-state index in [1.165, 1.54) is 60.7 Å². The second-order valence-corrected chi connectivity index (χ2v) is 10.1. The van der Waals surface area contributed by atoms with Crippen LogP contribution < -0.4 is 9.47 Å². The summed E-state index contributed by atoms with van der Waals surface area (Å²) in [5.41, 5.74) is -0.420. The van der Waals surface area contributed by atoms with Gasteiger partial charge in [-0.15, -0.1) is 0 Å². The first-order valence-corrected chi connectivity index (χ1v) is 14.1. The molecule has 0 saturated heterocycles. The minimum atomic E-state index is -1.23. The van der Waals surface area contributed by atoms with Gasteiger partial charge in [-0.1, -0.05) is 30.3 Å². The largest absolute Gasteiger partial charge is 0.508 e. The van der Waals surface area contributed by atoms with E-state index in [9.17, 15) is 38.2 Å². The fourth-order valence-electron chi connectivity index (χ4n) is 4.26. The van der Waals surface area contributed by atoms with Crippen molar-refractivity contribution in [2.24, 2.45) is 0 Å². The van der Waals surface area contributed by atoms with Gasteiger partial charge < -0.3 is 29.2 Å². The number of phenols is 2. The summed E-state index contributed by atoms with van der Waals surface area (Å²) >= 11 is 0. The number of carbonyl (C=O) groups is 4. The summed E-state index contributed by atoms with van der Waals surface area (Å²) in [6, 6.07) is 24.6. The number of rotatable bonds is 10. The second-order valence-electron chi connectivity index (χ2n) is 10.1. The van der Waals surface area contributed by atoms with Gasteiger partial charge in [-0.2, -0.15) is 0 Å². The van der Waals surface area contributed by atoms with Gasteiger partial charge in [-0.25, -0.2) is 28.0 Å². The third-order valence-corrected chi connectivity index (χ3v) is 6.73. The van der Waals surface area contributed by atoms with E-state index in [-0.39, 0.29) is 34.1 Å². The number of carbonyl (C=O) groups excluding carboxylic acids is 4. The van der Waals surface area contributed by atoms with Gasteiger partial charge >= 0.3 is 23.9 Å². The summed E-state index contributed by atoms with van der Waals surface area (Å²) in [4.78, 5) is 50.4. The minimum Gasteiger partial charge on any atom is -0.508 e. The van der Waals surface area contributed by atoms with Gasteiger partial charge in [0.1, 0.15) is 41.2 Å². The molecular weight excluding hydrogens is 630 g/mol. The Hall–Kier alpha value is -6.56. The average molecular weight is 655 g/mol. The zero-order valence-electron chi connectivity index (χ0n) is 24.7. The summed E-state index contributed by atoms with van der Waals surface area (Å²) in [5.74, 6) is -6.51. The van der Waals surface area contributed by atoms with Crippen molar-refractivity contribution in [2.75, 3.05) is 6.61 Å². The Morgan fingerprint density at radius 2 is 1.02 bits per heavy atom. The molecule has 0 aliphatic carbocycles. The van der Waals surface area contributed by atoms with Crippen LogP contribution in [0.2, 0.25) is 0 Å². The molecule has 1 atom stereocenters. The Balaban J connectivity index is 1.24. The normalized spacial score (nSPS) is 11.2. The van der Waals surface area contributed by atoms with Crippen LogP contribution in [0.15, 0.2) is 115 Å². The van der Waals surface area contributed by atoms with Gasteiger partial charge in [0.05, 0.1) is 22.3 Å². The highest BCUT2D eigenvalue weighted by molar-refractivity contribution is 5.93. The molecule has 48 heavy (non-hydrogen) atoms. The van der Waals surface area contributed by atoms with E-state index in [1.807, 2.05) is 0 Å². The standard InChI is InChI=1S/C36H24F2O10/c37-30-18-26(46-33(41)22-6-10-24(39)11-7-22)14-16-28(30)35(43)45-20-32(21-4-2-1-3-5-21)48-36(44)29-17-15-27(19-31(29)38)47-34(42)23-8-12-25(40)13-9-23/h1-19,32,39-40H,20H2. The molecular formula is C36H24F2O10. The first-order valence-electron chi connectivity index (χ1n) is 14.1. The molecule has 0 aliphatic heterocycles. The molecule has 2 N–H and O–H groups in total. The summed E-state index contributed by atoms with van der Waals surface area (Å²) in [6.07, 6.45) is -1.23. The van der Waals surface area contributed by atoms with Crippen LogP contribution >= 0.6 is 0 Å². The molecule has 0 heterocycles. The molecule has 0 saturated carbocycles. The molecule has 0 aliphatic rings. The maximum Gasteiger partial charge on any atom is 0.343 e. The molecule has 0 amide bonds. The number of benzene rings is 5. The van der Waals surface area contributed by atoms with E-state index in [2.05, 4.69) is 0 Å². The Kier molecular flexibility index (Phi) is 10.0. The molecule has 1 unspecified atom stereocenters. The smallest absolute Gasteiger partial charge is 0.343 e. The molecule has 5 rings (SSSR count). The summed E-state index contributed by atoms with van der Waals surface area (Å²) < 4.78 is 50.8. The van der Waals surface area contributed by atoms with E-state index in [0.717, 1.165) is 24.3 Å². The van der Waals surface area contributed by atoms with Gasteiger partial charge in [0.25, 0.3) is 0 Å². The Labute approximate surface area is 271 Å². The Morgan fingerprint density at radius 3 is 1.48 bits per heavy atom. The molecule has 10 nitrogen and oxygen atoms in total. The predicted molar refractivity (Wildman–Crippen MR) is 164 cm³/mol. The van der Waals surface area contributed by atoms with Gasteiger partial charge in [0.2, 0.25) is 0 Å². The van der Waals surface area contributed by atoms with Crippen molar-refractivity contribution < 1.29 is 57.1 Å². The summed E-state index contributed by atoms with van der Waals surface area (Å²) in [7, 11) is 0. The maximum atomic E-state index is 15.0. The molecule has 0 spiro atoms. The minimum absolute atomic E-state index is 0.0568. The van der Waals surface area contributed by atoms with Crippen LogP contribution in [0.25, 0.3) is 0 Å². The van der Waals surface area contributed by atoms with E-state index in [4.69, 9.17) is 18.9 Å². The molecule has 0 aromatic heterocycles. The van der Waals surface area contributed by atoms with Crippen LogP contribution in [0.5, 0.6) is 23.0 Å². The number of phenolic OH excluding ortho intramolecular Hbond substituents is 2. The van der Waals surface area contributed by atoms with Crippen molar-refractivity contribution in [3.8, 4) is 23.0 Å². The lowest BCUT2D eigenvalue weighted by Crippen LogP contribution is -2.20. The summed E-state index contributed by atoms with van der Waals surface area (Å²) in [5, 5.41) is 18.7. The number of hydrogen-bond acceptors (Lipinski definition) is 10. The van der Waals surface area contributed by atoms with E-state index >= 15 is 0 Å². The SMILES string of the molecule is O=C(Oc1ccc(C(=O)OCC(OC(=O)c2ccc(OC(=O)c3ccc(O)cc3)cc2F)c2ccccc2)c(F)c1)c1ccc(O)cc1. The molecule has 5 aromatic carbocycles. The number of esters is 4. The Bertz CT molecular complexity index is 1960. The Morgan fingerprint density at radius 1 is 0.562 bits per heavy atom. The molecule has 5 aromatic rings. The predicted octanol–water partition coefficient (Wildman–Crippen LogP) is 6.57. The van der Waals surface area contributed by atoms with Crippen LogP contribution in [-0.2, 0) is 9.47 Å². The molecule has 242 valence electrons. The topological polar surface area (TPSA) is 146 Å². The highest BCUT2D eigenvalue weighted by atomic mass is 19.1. The van der Waals surface area contributed by atoms with Gasteiger partial charge in [-0.3, -0.25) is 0 Å². The zero-order chi connectivity index (χ0) is 34.2. The van der Waals surface area contributed by atoms with Gasteiger partial charge in [0.15, 0.2) is 6.10 Å². The third kappa shape index (κ3) is 8.17. The zero-order valence-corrected chi connectivity index (χ0v) is 24.7. The van der Waals surface area contributed by atoms with Crippen molar-refractivity contribution in [1.82, 2.24) is 0 Å². The average Bonchev–Trinajstić information content (AvgIpc) is 3.07. The van der Waals surface area contributed by atoms with Crippen LogP contribution in [0.3, 0.4) is 0 Å². The van der Waals surface area contributed by atoms with E-state index in [0.29, 0.717) is 5.56 Å². The van der Waals surface area contributed by atoms with E-state index in [1.54, 1.807) is 30.3 Å². The second kappa shape index (κ2) is 14.7. The van der Waals surface area contributed by atoms with Crippen LogP contribution in [0.4, 0.5) is 8.78 Å². The van der Waals surface area contributed by atoms with Crippen LogP contribution in [0.1, 0.15) is 53.1 Å². The van der Waals surface area contributed by atoms with Crippen molar-refractivity contribution in [3.63, 3.8) is 0 Å².